The van der Waals surface area contributed by atoms with E-state index >= 15 is 0 Å². The Morgan fingerprint density at radius 3 is 2.95 bits per heavy atom. The summed E-state index contributed by atoms with van der Waals surface area (Å²) < 4.78 is 1.85. The van der Waals surface area contributed by atoms with Gasteiger partial charge in [-0.25, -0.2) is 15.8 Å². The fraction of sp³-hybridized carbons (Fsp3) is 0.273. The van der Waals surface area contributed by atoms with Crippen molar-refractivity contribution in [2.45, 2.75) is 23.5 Å². The summed E-state index contributed by atoms with van der Waals surface area (Å²) in [6.45, 7) is 2.12. The number of aryl methyl sites for hydroxylation is 2. The summed E-state index contributed by atoms with van der Waals surface area (Å²) >= 11 is 3.11. The molecule has 0 fully saturated rings. The highest BCUT2D eigenvalue weighted by Crippen LogP contribution is 2.35. The summed E-state index contributed by atoms with van der Waals surface area (Å²) in [6.07, 6.45) is 2.63. The lowest BCUT2D eigenvalue weighted by Crippen LogP contribution is -2.10. The van der Waals surface area contributed by atoms with Crippen molar-refractivity contribution in [3.8, 4) is 0 Å². The number of aromatic nitrogens is 5. The Bertz CT molecular complexity index is 748. The van der Waals surface area contributed by atoms with Crippen molar-refractivity contribution < 1.29 is 0 Å². The second-order valence-corrected chi connectivity index (χ2v) is 6.18. The van der Waals surface area contributed by atoms with Crippen molar-refractivity contribution in [3.63, 3.8) is 0 Å². The largest absolute Gasteiger partial charge is 0.311 e. The molecule has 0 unspecified atom stereocenters. The van der Waals surface area contributed by atoms with Gasteiger partial charge in [0, 0.05) is 17.3 Å². The van der Waals surface area contributed by atoms with Crippen LogP contribution >= 0.6 is 23.1 Å². The Morgan fingerprint density at radius 2 is 2.30 bits per heavy atom. The standard InChI is InChI=1S/C11H13N7S2/c1-3-6-4-7-8(19-6)14-10(16-12)15-9(7)20-11-17-13-5-18(11)2/h4-5H,3,12H2,1-2H3,(H,14,15,16). The first-order valence-corrected chi connectivity index (χ1v) is 7.63. The van der Waals surface area contributed by atoms with Gasteiger partial charge in [-0.15, -0.1) is 21.5 Å². The van der Waals surface area contributed by atoms with Crippen LogP contribution in [-0.4, -0.2) is 24.7 Å². The molecular weight excluding hydrogens is 294 g/mol. The monoisotopic (exact) mass is 307 g/mol. The molecule has 104 valence electrons. The van der Waals surface area contributed by atoms with Crippen molar-refractivity contribution in [1.29, 1.82) is 0 Å². The van der Waals surface area contributed by atoms with Crippen LogP contribution in [0.25, 0.3) is 10.2 Å². The molecular formula is C11H13N7S2. The number of nitrogens with two attached hydrogens (primary N) is 1. The number of fused-ring (bicyclic) bond motifs is 1. The minimum atomic E-state index is 0.409. The van der Waals surface area contributed by atoms with Gasteiger partial charge in [0.1, 0.15) is 16.2 Å². The highest BCUT2D eigenvalue weighted by molar-refractivity contribution is 7.99. The Labute approximate surface area is 123 Å². The van der Waals surface area contributed by atoms with E-state index in [1.807, 2.05) is 11.6 Å². The second kappa shape index (κ2) is 5.35. The van der Waals surface area contributed by atoms with E-state index in [2.05, 4.69) is 38.6 Å². The smallest absolute Gasteiger partial charge is 0.239 e. The number of nitrogens with zero attached hydrogens (tertiary/aromatic N) is 5. The van der Waals surface area contributed by atoms with E-state index in [-0.39, 0.29) is 0 Å². The summed E-state index contributed by atoms with van der Waals surface area (Å²) in [7, 11) is 1.90. The van der Waals surface area contributed by atoms with Crippen molar-refractivity contribution >= 4 is 39.3 Å². The lowest BCUT2D eigenvalue weighted by molar-refractivity contribution is 0.787. The van der Waals surface area contributed by atoms with Crippen LogP contribution in [0.5, 0.6) is 0 Å². The van der Waals surface area contributed by atoms with E-state index in [1.165, 1.54) is 16.6 Å². The van der Waals surface area contributed by atoms with Gasteiger partial charge in [0.2, 0.25) is 5.95 Å². The van der Waals surface area contributed by atoms with Crippen LogP contribution in [0.2, 0.25) is 0 Å². The van der Waals surface area contributed by atoms with Crippen LogP contribution in [0.3, 0.4) is 0 Å². The normalized spacial score (nSPS) is 11.2. The Kier molecular flexibility index (Phi) is 3.55. The van der Waals surface area contributed by atoms with Crippen molar-refractivity contribution in [2.75, 3.05) is 5.43 Å². The second-order valence-electron chi connectivity index (χ2n) is 4.11. The molecule has 0 aliphatic carbocycles. The molecule has 3 heterocycles. The van der Waals surface area contributed by atoms with Crippen LogP contribution in [0.1, 0.15) is 11.8 Å². The number of nitrogen functional groups attached to an aromatic ring is 1. The zero-order valence-electron chi connectivity index (χ0n) is 11.0. The molecule has 3 rings (SSSR count). The minimum Gasteiger partial charge on any atom is -0.311 e. The van der Waals surface area contributed by atoms with Crippen LogP contribution in [0, 0.1) is 0 Å². The Morgan fingerprint density at radius 1 is 1.45 bits per heavy atom. The molecule has 20 heavy (non-hydrogen) atoms. The van der Waals surface area contributed by atoms with Crippen LogP contribution < -0.4 is 11.3 Å². The summed E-state index contributed by atoms with van der Waals surface area (Å²) in [6, 6.07) is 2.12. The maximum absolute atomic E-state index is 5.44. The third-order valence-corrected chi connectivity index (χ3v) is 4.97. The molecule has 0 bridgehead atoms. The van der Waals surface area contributed by atoms with Crippen molar-refractivity contribution in [3.05, 3.63) is 17.3 Å². The number of hydrogen-bond donors (Lipinski definition) is 2. The van der Waals surface area contributed by atoms with Crippen molar-refractivity contribution in [1.82, 2.24) is 24.7 Å². The van der Waals surface area contributed by atoms with E-state index in [4.69, 9.17) is 5.84 Å². The first-order valence-electron chi connectivity index (χ1n) is 6.00. The summed E-state index contributed by atoms with van der Waals surface area (Å²) in [4.78, 5) is 11.0. The van der Waals surface area contributed by atoms with Gasteiger partial charge >= 0.3 is 0 Å². The molecule has 0 saturated heterocycles. The lowest BCUT2D eigenvalue weighted by Gasteiger charge is -2.04. The predicted octanol–water partition coefficient (Wildman–Crippen LogP) is 1.82. The third kappa shape index (κ3) is 2.35. The molecule has 3 N–H and O–H groups in total. The van der Waals surface area contributed by atoms with Crippen LogP contribution in [-0.2, 0) is 13.5 Å². The van der Waals surface area contributed by atoms with Gasteiger partial charge in [-0.3, -0.25) is 5.43 Å². The van der Waals surface area contributed by atoms with Gasteiger partial charge in [-0.2, -0.15) is 0 Å². The molecule has 0 aliphatic heterocycles. The highest BCUT2D eigenvalue weighted by Gasteiger charge is 2.14. The zero-order chi connectivity index (χ0) is 14.1. The van der Waals surface area contributed by atoms with E-state index in [0.29, 0.717) is 5.95 Å². The number of nitrogens with one attached hydrogen (secondary N) is 1. The molecule has 0 spiro atoms. The van der Waals surface area contributed by atoms with Crippen LogP contribution in [0.4, 0.5) is 5.95 Å². The van der Waals surface area contributed by atoms with Gasteiger partial charge in [-0.1, -0.05) is 6.92 Å². The van der Waals surface area contributed by atoms with Gasteiger partial charge in [0.15, 0.2) is 5.16 Å². The average Bonchev–Trinajstić information content (AvgIpc) is 3.05. The third-order valence-electron chi connectivity index (χ3n) is 2.74. The quantitative estimate of drug-likeness (QED) is 0.431. The lowest BCUT2D eigenvalue weighted by atomic mass is 10.3. The molecule has 7 nitrogen and oxygen atoms in total. The average molecular weight is 307 g/mol. The molecule has 0 saturated carbocycles. The maximum Gasteiger partial charge on any atom is 0.239 e. The Hall–Kier alpha value is -1.71. The number of hydrazine groups is 1. The van der Waals surface area contributed by atoms with E-state index < -0.39 is 0 Å². The molecule has 3 aromatic heterocycles. The number of hydrogen-bond acceptors (Lipinski definition) is 8. The SMILES string of the molecule is CCc1cc2c(Sc3nncn3C)nc(NN)nc2s1. The topological polar surface area (TPSA) is 94.5 Å². The molecule has 0 atom stereocenters. The number of anilines is 1. The molecule has 9 heteroatoms. The van der Waals surface area contributed by atoms with E-state index in [9.17, 15) is 0 Å². The molecule has 0 amide bonds. The fourth-order valence-electron chi connectivity index (χ4n) is 1.71. The molecule has 0 aliphatic rings. The van der Waals surface area contributed by atoms with E-state index in [0.717, 1.165) is 26.8 Å². The molecule has 3 aromatic rings. The fourth-order valence-corrected chi connectivity index (χ4v) is 3.59. The highest BCUT2D eigenvalue weighted by atomic mass is 32.2. The van der Waals surface area contributed by atoms with E-state index in [1.54, 1.807) is 17.7 Å². The molecule has 0 radical (unpaired) electrons. The Balaban J connectivity index is 2.12. The minimum absolute atomic E-state index is 0.409. The first-order chi connectivity index (χ1) is 9.71. The zero-order valence-corrected chi connectivity index (χ0v) is 12.6. The number of thiophene rings is 1. The summed E-state index contributed by atoms with van der Waals surface area (Å²) in [5.74, 6) is 5.85. The molecule has 0 aromatic carbocycles. The van der Waals surface area contributed by atoms with Crippen molar-refractivity contribution in [2.24, 2.45) is 12.9 Å². The summed E-state index contributed by atoms with van der Waals surface area (Å²) in [5, 5.41) is 10.6. The first kappa shape index (κ1) is 13.3. The van der Waals surface area contributed by atoms with Gasteiger partial charge in [0.25, 0.3) is 0 Å². The van der Waals surface area contributed by atoms with Gasteiger partial charge in [0.05, 0.1) is 0 Å². The predicted molar refractivity (Wildman–Crippen MR) is 79.7 cm³/mol. The maximum atomic E-state index is 5.44. The number of rotatable bonds is 4. The van der Waals surface area contributed by atoms with Gasteiger partial charge in [-0.05, 0) is 24.2 Å². The van der Waals surface area contributed by atoms with Gasteiger partial charge < -0.3 is 4.57 Å². The summed E-state index contributed by atoms with van der Waals surface area (Å²) in [5.41, 5.74) is 2.51. The van der Waals surface area contributed by atoms with Crippen LogP contribution in [0.15, 0.2) is 22.6 Å².